The topological polar surface area (TPSA) is 50.4 Å². The number of para-hydroxylation sites is 1. The second kappa shape index (κ2) is 10.0. The predicted octanol–water partition coefficient (Wildman–Crippen LogP) is 7.30. The van der Waals surface area contributed by atoms with Gasteiger partial charge in [0.05, 0.1) is 16.8 Å². The standard InChI is InChI=1S/C32H39N3O2/c1-3-33(4-2)19-16-24-21-34-17-9-18-35-28-20-23(32(36)37)14-15-26(28)29(22-10-6-5-7-11-22)31(35)27-13-8-12-25(24)30(27)34/h8,12-15,20-22H,3-7,9-11,16-19H2,1-2H3,(H,36,37). The number of aromatic nitrogens is 2. The molecule has 194 valence electrons. The van der Waals surface area contributed by atoms with Crippen LogP contribution in [-0.4, -0.2) is 44.7 Å². The van der Waals surface area contributed by atoms with Crippen molar-refractivity contribution in [3.63, 3.8) is 0 Å². The maximum Gasteiger partial charge on any atom is 0.335 e. The van der Waals surface area contributed by atoms with Crippen LogP contribution in [0.15, 0.2) is 42.6 Å². The molecule has 0 saturated heterocycles. The number of nitrogens with zero attached hydrogens (tertiary/aromatic N) is 3. The van der Waals surface area contributed by atoms with Gasteiger partial charge in [-0.3, -0.25) is 0 Å². The second-order valence-electron chi connectivity index (χ2n) is 11.0. The van der Waals surface area contributed by atoms with Crippen LogP contribution in [0.1, 0.15) is 79.8 Å². The molecule has 1 fully saturated rings. The van der Waals surface area contributed by atoms with E-state index in [4.69, 9.17) is 0 Å². The van der Waals surface area contributed by atoms with Gasteiger partial charge < -0.3 is 19.1 Å². The third kappa shape index (κ3) is 4.17. The minimum absolute atomic E-state index is 0.380. The number of hydrogen-bond donors (Lipinski definition) is 1. The van der Waals surface area contributed by atoms with Gasteiger partial charge in [-0.25, -0.2) is 4.79 Å². The average Bonchev–Trinajstić information content (AvgIpc) is 3.43. The van der Waals surface area contributed by atoms with Gasteiger partial charge in [-0.15, -0.1) is 0 Å². The van der Waals surface area contributed by atoms with E-state index in [0.717, 1.165) is 51.1 Å². The van der Waals surface area contributed by atoms with Crippen molar-refractivity contribution in [1.82, 2.24) is 14.0 Å². The molecule has 2 aromatic carbocycles. The first-order valence-corrected chi connectivity index (χ1v) is 14.3. The fourth-order valence-electron chi connectivity index (χ4n) is 7.05. The van der Waals surface area contributed by atoms with E-state index in [-0.39, 0.29) is 0 Å². The molecule has 0 atom stereocenters. The number of hydrogen-bond acceptors (Lipinski definition) is 2. The molecule has 2 aliphatic rings. The van der Waals surface area contributed by atoms with E-state index in [1.165, 1.54) is 70.8 Å². The SMILES string of the molecule is CCN(CC)CCc1cn2c3c(cccc13)-c1c(C3CCCCC3)c3ccc(C(=O)O)cc3n1CCC2. The van der Waals surface area contributed by atoms with Crippen LogP contribution in [0.5, 0.6) is 0 Å². The summed E-state index contributed by atoms with van der Waals surface area (Å²) in [5, 5.41) is 12.4. The van der Waals surface area contributed by atoms with Gasteiger partial charge in [0.2, 0.25) is 0 Å². The Bertz CT molecular complexity index is 1450. The smallest absolute Gasteiger partial charge is 0.335 e. The minimum atomic E-state index is -0.851. The van der Waals surface area contributed by atoms with E-state index in [1.807, 2.05) is 6.07 Å². The molecule has 0 amide bonds. The maximum absolute atomic E-state index is 11.9. The molecule has 0 radical (unpaired) electrons. The second-order valence-corrected chi connectivity index (χ2v) is 11.0. The Balaban J connectivity index is 1.59. The third-order valence-corrected chi connectivity index (χ3v) is 8.97. The largest absolute Gasteiger partial charge is 0.478 e. The van der Waals surface area contributed by atoms with Crippen molar-refractivity contribution in [1.29, 1.82) is 0 Å². The summed E-state index contributed by atoms with van der Waals surface area (Å²) >= 11 is 0. The highest BCUT2D eigenvalue weighted by Crippen LogP contribution is 2.47. The summed E-state index contributed by atoms with van der Waals surface area (Å²) in [6.07, 6.45) is 10.8. The normalized spacial score (nSPS) is 16.3. The Morgan fingerprint density at radius 1 is 1.00 bits per heavy atom. The van der Waals surface area contributed by atoms with Gasteiger partial charge in [0.25, 0.3) is 0 Å². The van der Waals surface area contributed by atoms with E-state index < -0.39 is 5.97 Å². The lowest BCUT2D eigenvalue weighted by molar-refractivity contribution is 0.0697. The maximum atomic E-state index is 11.9. The molecule has 4 aromatic rings. The number of carboxylic acids is 1. The van der Waals surface area contributed by atoms with E-state index in [2.05, 4.69) is 58.3 Å². The quantitative estimate of drug-likeness (QED) is 0.291. The Labute approximate surface area is 219 Å². The molecule has 0 bridgehead atoms. The summed E-state index contributed by atoms with van der Waals surface area (Å²) in [4.78, 5) is 14.4. The number of carboxylic acid groups (broad SMARTS) is 1. The lowest BCUT2D eigenvalue weighted by Gasteiger charge is -2.25. The zero-order valence-corrected chi connectivity index (χ0v) is 22.3. The summed E-state index contributed by atoms with van der Waals surface area (Å²) in [5.74, 6) is -0.320. The van der Waals surface area contributed by atoms with Crippen molar-refractivity contribution >= 4 is 27.8 Å². The van der Waals surface area contributed by atoms with Crippen molar-refractivity contribution in [2.45, 2.75) is 77.8 Å². The first-order chi connectivity index (χ1) is 18.1. The van der Waals surface area contributed by atoms with Gasteiger partial charge in [0, 0.05) is 47.7 Å². The van der Waals surface area contributed by atoms with Crippen LogP contribution >= 0.6 is 0 Å². The van der Waals surface area contributed by atoms with Crippen LogP contribution < -0.4 is 0 Å². The number of aryl methyl sites for hydroxylation is 2. The molecular weight excluding hydrogens is 458 g/mol. The van der Waals surface area contributed by atoms with Crippen molar-refractivity contribution < 1.29 is 9.90 Å². The molecule has 5 nitrogen and oxygen atoms in total. The molecule has 37 heavy (non-hydrogen) atoms. The Hall–Kier alpha value is -3.05. The highest BCUT2D eigenvalue weighted by molar-refractivity contribution is 6.03. The Morgan fingerprint density at radius 3 is 2.57 bits per heavy atom. The number of benzene rings is 2. The summed E-state index contributed by atoms with van der Waals surface area (Å²) < 4.78 is 4.98. The van der Waals surface area contributed by atoms with Crippen molar-refractivity contribution in [3.8, 4) is 11.3 Å². The molecule has 3 heterocycles. The highest BCUT2D eigenvalue weighted by atomic mass is 16.4. The van der Waals surface area contributed by atoms with Crippen LogP contribution in [0.25, 0.3) is 33.1 Å². The monoisotopic (exact) mass is 497 g/mol. The van der Waals surface area contributed by atoms with E-state index in [1.54, 1.807) is 6.07 Å². The first kappa shape index (κ1) is 24.3. The predicted molar refractivity (Wildman–Crippen MR) is 152 cm³/mol. The molecule has 1 N–H and O–H groups in total. The van der Waals surface area contributed by atoms with Crippen LogP contribution in [0.2, 0.25) is 0 Å². The van der Waals surface area contributed by atoms with Crippen LogP contribution in [0, 0.1) is 0 Å². The third-order valence-electron chi connectivity index (χ3n) is 8.97. The van der Waals surface area contributed by atoms with Crippen LogP contribution in [0.4, 0.5) is 0 Å². The lowest BCUT2D eigenvalue weighted by atomic mass is 9.81. The first-order valence-electron chi connectivity index (χ1n) is 14.3. The zero-order chi connectivity index (χ0) is 25.5. The molecule has 0 unspecified atom stereocenters. The Kier molecular flexibility index (Phi) is 6.58. The molecule has 5 heteroatoms. The van der Waals surface area contributed by atoms with Gasteiger partial charge in [-0.2, -0.15) is 0 Å². The number of fused-ring (bicyclic) bond motifs is 4. The molecule has 1 saturated carbocycles. The van der Waals surface area contributed by atoms with Crippen LogP contribution in [-0.2, 0) is 19.5 Å². The Morgan fingerprint density at radius 2 is 1.81 bits per heavy atom. The fourth-order valence-corrected chi connectivity index (χ4v) is 7.05. The summed E-state index contributed by atoms with van der Waals surface area (Å²) in [6.45, 7) is 9.64. The van der Waals surface area contributed by atoms with Crippen LogP contribution in [0.3, 0.4) is 0 Å². The highest BCUT2D eigenvalue weighted by Gasteiger charge is 2.29. The minimum Gasteiger partial charge on any atom is -0.478 e. The van der Waals surface area contributed by atoms with Crippen molar-refractivity contribution in [2.24, 2.45) is 0 Å². The van der Waals surface area contributed by atoms with E-state index in [0.29, 0.717) is 11.5 Å². The molecule has 1 aliphatic heterocycles. The zero-order valence-electron chi connectivity index (χ0n) is 22.3. The number of carbonyl (C=O) groups is 1. The van der Waals surface area contributed by atoms with Crippen molar-refractivity contribution in [3.05, 3.63) is 59.3 Å². The van der Waals surface area contributed by atoms with Gasteiger partial charge in [0.15, 0.2) is 0 Å². The summed E-state index contributed by atoms with van der Waals surface area (Å²) in [5.41, 5.74) is 8.39. The van der Waals surface area contributed by atoms with Gasteiger partial charge >= 0.3 is 5.97 Å². The summed E-state index contributed by atoms with van der Waals surface area (Å²) in [7, 11) is 0. The molecule has 1 aliphatic carbocycles. The lowest BCUT2D eigenvalue weighted by Crippen LogP contribution is -2.25. The van der Waals surface area contributed by atoms with E-state index >= 15 is 0 Å². The van der Waals surface area contributed by atoms with Crippen molar-refractivity contribution in [2.75, 3.05) is 19.6 Å². The molecule has 6 rings (SSSR count). The van der Waals surface area contributed by atoms with Gasteiger partial charge in [-0.05, 0) is 68.0 Å². The molecular formula is C32H39N3O2. The van der Waals surface area contributed by atoms with Gasteiger partial charge in [0.1, 0.15) is 0 Å². The van der Waals surface area contributed by atoms with E-state index in [9.17, 15) is 9.90 Å². The number of rotatable bonds is 7. The fraction of sp³-hybridized carbons (Fsp3) is 0.469. The summed E-state index contributed by atoms with van der Waals surface area (Å²) in [6, 6.07) is 12.7. The average molecular weight is 498 g/mol. The molecule has 0 spiro atoms. The number of likely N-dealkylation sites (N-methyl/N-ethyl adjacent to an activating group) is 1. The molecule has 2 aromatic heterocycles. The number of aromatic carboxylic acids is 1. The van der Waals surface area contributed by atoms with Gasteiger partial charge in [-0.1, -0.05) is 57.4 Å².